The number of aryl methyl sites for hydroxylation is 6. The van der Waals surface area contributed by atoms with Gasteiger partial charge in [0.2, 0.25) is 23.7 Å². The molecule has 6 rings (SSSR count). The molecular weight excluding hydrogens is 894 g/mol. The van der Waals surface area contributed by atoms with E-state index in [1.165, 1.54) is 0 Å². The second kappa shape index (κ2) is 15.0. The molecule has 0 fully saturated rings. The van der Waals surface area contributed by atoms with E-state index in [0.717, 1.165) is 18.5 Å². The molecule has 6 N–H and O–H groups in total. The van der Waals surface area contributed by atoms with Gasteiger partial charge in [0, 0.05) is 37.3 Å². The Morgan fingerprint density at radius 2 is 1.06 bits per heavy atom. The second-order valence-corrected chi connectivity index (χ2v) is 14.2. The van der Waals surface area contributed by atoms with Gasteiger partial charge in [0.1, 0.15) is 11.4 Å². The van der Waals surface area contributed by atoms with E-state index < -0.39 is 11.8 Å². The summed E-state index contributed by atoms with van der Waals surface area (Å²) >= 11 is 4.24. The van der Waals surface area contributed by atoms with Crippen LogP contribution in [0.5, 0.6) is 0 Å². The van der Waals surface area contributed by atoms with Crippen molar-refractivity contribution in [1.82, 2.24) is 38.7 Å². The summed E-state index contributed by atoms with van der Waals surface area (Å²) in [7, 11) is 0. The highest BCUT2D eigenvalue weighted by molar-refractivity contribution is 14.1. The average Bonchev–Trinajstić information content (AvgIpc) is 3.81. The fourth-order valence-electron chi connectivity index (χ4n) is 6.08. The largest absolute Gasteiger partial charge is 0.366 e. The van der Waals surface area contributed by atoms with Crippen LogP contribution in [0.15, 0.2) is 36.4 Å². The molecule has 18 heteroatoms. The first-order valence-electron chi connectivity index (χ1n) is 16.5. The minimum atomic E-state index is -0.582. The zero-order valence-electron chi connectivity index (χ0n) is 28.8. The van der Waals surface area contributed by atoms with Crippen molar-refractivity contribution in [3.8, 4) is 0 Å². The van der Waals surface area contributed by atoms with Crippen molar-refractivity contribution in [3.05, 3.63) is 77.4 Å². The van der Waals surface area contributed by atoms with Crippen LogP contribution in [-0.4, -0.2) is 62.3 Å². The lowest BCUT2D eigenvalue weighted by molar-refractivity contribution is 0.0992. The van der Waals surface area contributed by atoms with Crippen LogP contribution in [0.3, 0.4) is 0 Å². The van der Waals surface area contributed by atoms with E-state index in [-0.39, 0.29) is 11.8 Å². The Bertz CT molecular complexity index is 2240. The molecule has 0 aliphatic rings. The topological polar surface area (TPSA) is 216 Å². The molecule has 6 aromatic rings. The monoisotopic (exact) mass is 930 g/mol. The van der Waals surface area contributed by atoms with Crippen LogP contribution < -0.4 is 22.1 Å². The number of unbranched alkanes of at least 4 members (excludes halogenated alkanes) is 1. The van der Waals surface area contributed by atoms with E-state index in [2.05, 4.69) is 76.0 Å². The molecule has 16 nitrogen and oxygen atoms in total. The molecule has 0 aliphatic heterocycles. The minimum Gasteiger partial charge on any atom is -0.366 e. The molecule has 4 aromatic heterocycles. The van der Waals surface area contributed by atoms with E-state index in [9.17, 15) is 19.2 Å². The number of halogens is 2. The number of anilines is 2. The first kappa shape index (κ1) is 36.9. The van der Waals surface area contributed by atoms with Crippen molar-refractivity contribution in [2.75, 3.05) is 10.6 Å². The van der Waals surface area contributed by atoms with Crippen molar-refractivity contribution in [2.24, 2.45) is 11.5 Å². The molecule has 0 radical (unpaired) electrons. The highest BCUT2D eigenvalue weighted by Crippen LogP contribution is 2.27. The Morgan fingerprint density at radius 1 is 0.673 bits per heavy atom. The number of imidazole rings is 2. The number of hydrogen-bond acceptors (Lipinski definition) is 8. The normalized spacial score (nSPS) is 11.4. The Hall–Kier alpha value is -4.86. The van der Waals surface area contributed by atoms with Gasteiger partial charge in [0.25, 0.3) is 11.8 Å². The van der Waals surface area contributed by atoms with Crippen LogP contribution in [0.1, 0.15) is 79.8 Å². The maximum absolute atomic E-state index is 13.6. The van der Waals surface area contributed by atoms with Gasteiger partial charge >= 0.3 is 0 Å². The fourth-order valence-corrected chi connectivity index (χ4v) is 7.34. The molecule has 0 bridgehead atoms. The average molecular weight is 931 g/mol. The summed E-state index contributed by atoms with van der Waals surface area (Å²) in [6.07, 6.45) is 1.25. The van der Waals surface area contributed by atoms with Crippen molar-refractivity contribution in [1.29, 1.82) is 0 Å². The van der Waals surface area contributed by atoms with Crippen LogP contribution in [0.2, 0.25) is 0 Å². The third-order valence-electron chi connectivity index (χ3n) is 8.67. The molecule has 0 atom stereocenters. The number of amides is 4. The van der Waals surface area contributed by atoms with Crippen molar-refractivity contribution in [2.45, 2.75) is 66.7 Å². The van der Waals surface area contributed by atoms with Gasteiger partial charge in [0.15, 0.2) is 0 Å². The lowest BCUT2D eigenvalue weighted by atomic mass is 10.2. The van der Waals surface area contributed by atoms with E-state index >= 15 is 0 Å². The third-order valence-corrected chi connectivity index (χ3v) is 11.3. The lowest BCUT2D eigenvalue weighted by Gasteiger charge is -2.13. The van der Waals surface area contributed by atoms with Crippen LogP contribution in [-0.2, 0) is 26.2 Å². The predicted octanol–water partition coefficient (Wildman–Crippen LogP) is 4.83. The van der Waals surface area contributed by atoms with Gasteiger partial charge in [0.05, 0.1) is 40.6 Å². The molecule has 0 unspecified atom stereocenters. The summed E-state index contributed by atoms with van der Waals surface area (Å²) in [5.74, 6) is -1.24. The smallest absolute Gasteiger partial charge is 0.277 e. The molecule has 0 aliphatic carbocycles. The maximum Gasteiger partial charge on any atom is 0.277 e. The number of nitrogens with zero attached hydrogens (tertiary/aromatic N) is 8. The SMILES string of the molecule is CCn1nc(C)c(I)c1C(=O)Nc1nc2cc(C(N)=O)ccc2n1CCCCn1c(NC(=O)c2c(I)c(C)nn2CC)nc2cc(C(N)=O)ccc21. The molecule has 52 heavy (non-hydrogen) atoms. The molecule has 4 heterocycles. The van der Waals surface area contributed by atoms with Crippen molar-refractivity contribution < 1.29 is 19.2 Å². The number of benzene rings is 2. The Balaban J connectivity index is 1.29. The van der Waals surface area contributed by atoms with E-state index in [1.54, 1.807) is 45.8 Å². The summed E-state index contributed by atoms with van der Waals surface area (Å²) in [5, 5.41) is 14.9. The molecule has 4 amide bonds. The second-order valence-electron chi connectivity index (χ2n) is 12.1. The number of primary amides is 2. The standard InChI is InChI=1S/C34H36I2N12O4/c1-5-47-27(25(35)17(3)43-47)31(51)41-33-39-21-15-19(29(37)49)9-11-23(21)45(33)13-7-8-14-46-24-12-10-20(30(38)50)16-22(24)40-34(46)42-32(52)28-26(36)18(4)44-48(28)6-2/h9-12,15-16H,5-8,13-14H2,1-4H3,(H2,37,49)(H2,38,50)(H,39,41,51)(H,40,42,52). The highest BCUT2D eigenvalue weighted by Gasteiger charge is 2.24. The van der Waals surface area contributed by atoms with Crippen LogP contribution in [0.4, 0.5) is 11.9 Å². The van der Waals surface area contributed by atoms with Gasteiger partial charge in [-0.25, -0.2) is 9.97 Å². The number of aromatic nitrogens is 8. The van der Waals surface area contributed by atoms with Gasteiger partial charge < -0.3 is 20.6 Å². The third kappa shape index (κ3) is 6.99. The molecule has 0 saturated carbocycles. The predicted molar refractivity (Wildman–Crippen MR) is 212 cm³/mol. The summed E-state index contributed by atoms with van der Waals surface area (Å²) < 4.78 is 8.60. The summed E-state index contributed by atoms with van der Waals surface area (Å²) in [6.45, 7) is 9.48. The number of carbonyl (C=O) groups excluding carboxylic acids is 4. The van der Waals surface area contributed by atoms with Crippen LogP contribution >= 0.6 is 45.2 Å². The van der Waals surface area contributed by atoms with E-state index in [1.807, 2.05) is 36.8 Å². The zero-order chi connectivity index (χ0) is 37.4. The number of nitrogens with two attached hydrogens (primary N) is 2. The Labute approximate surface area is 325 Å². The summed E-state index contributed by atoms with van der Waals surface area (Å²) in [5.41, 5.74) is 16.5. The van der Waals surface area contributed by atoms with Crippen molar-refractivity contribution in [3.63, 3.8) is 0 Å². The van der Waals surface area contributed by atoms with Crippen molar-refractivity contribution >= 4 is 103 Å². The zero-order valence-corrected chi connectivity index (χ0v) is 33.1. The number of fused-ring (bicyclic) bond motifs is 2. The van der Waals surface area contributed by atoms with Crippen LogP contribution in [0, 0.1) is 21.0 Å². The number of nitrogens with one attached hydrogen (secondary N) is 2. The van der Waals surface area contributed by atoms with Gasteiger partial charge in [-0.1, -0.05) is 0 Å². The first-order valence-corrected chi connectivity index (χ1v) is 18.7. The van der Waals surface area contributed by atoms with Gasteiger partial charge in [-0.15, -0.1) is 0 Å². The molecule has 2 aromatic carbocycles. The van der Waals surface area contributed by atoms with Gasteiger partial charge in [-0.2, -0.15) is 10.2 Å². The fraction of sp³-hybridized carbons (Fsp3) is 0.294. The number of hydrogen-bond donors (Lipinski definition) is 4. The summed E-state index contributed by atoms with van der Waals surface area (Å²) in [6, 6.07) is 10.0. The highest BCUT2D eigenvalue weighted by atomic mass is 127. The quantitative estimate of drug-likeness (QED) is 0.0928. The number of carbonyl (C=O) groups is 4. The van der Waals surface area contributed by atoms with Crippen LogP contribution in [0.25, 0.3) is 22.1 Å². The first-order chi connectivity index (χ1) is 24.8. The van der Waals surface area contributed by atoms with Gasteiger partial charge in [-0.05, 0) is 122 Å². The maximum atomic E-state index is 13.6. The Kier molecular flexibility index (Phi) is 10.7. The molecule has 0 saturated heterocycles. The molecular formula is C34H36I2N12O4. The molecule has 270 valence electrons. The minimum absolute atomic E-state index is 0.303. The van der Waals surface area contributed by atoms with E-state index in [0.29, 0.717) is 95.5 Å². The van der Waals surface area contributed by atoms with E-state index in [4.69, 9.17) is 11.5 Å². The number of rotatable bonds is 13. The Morgan fingerprint density at radius 3 is 1.40 bits per heavy atom. The molecule has 0 spiro atoms. The lowest BCUT2D eigenvalue weighted by Crippen LogP contribution is -2.21. The summed E-state index contributed by atoms with van der Waals surface area (Å²) in [4.78, 5) is 60.5. The van der Waals surface area contributed by atoms with Gasteiger partial charge in [-0.3, -0.25) is 39.2 Å².